The Balaban J connectivity index is 0.957. The summed E-state index contributed by atoms with van der Waals surface area (Å²) in [5, 5.41) is 6.79. The van der Waals surface area contributed by atoms with Crippen molar-refractivity contribution in [3.63, 3.8) is 0 Å². The molecule has 0 atom stereocenters. The predicted molar refractivity (Wildman–Crippen MR) is 281 cm³/mol. The van der Waals surface area contributed by atoms with Crippen LogP contribution in [0.25, 0.3) is 88.0 Å². The first-order chi connectivity index (χ1) is 33.7. The molecule has 2 aromatic heterocycles. The van der Waals surface area contributed by atoms with E-state index in [4.69, 9.17) is 8.83 Å². The molecule has 2 heterocycles. The zero-order valence-electron chi connectivity index (χ0n) is 36.9. The molecule has 0 aliphatic heterocycles. The molecule has 0 saturated heterocycles. The van der Waals surface area contributed by atoms with Gasteiger partial charge in [0.2, 0.25) is 0 Å². The third kappa shape index (κ3) is 5.66. The molecule has 0 unspecified atom stereocenters. The molecule has 14 rings (SSSR count). The first kappa shape index (κ1) is 38.4. The molecule has 0 fully saturated rings. The molecule has 11 aromatic carbocycles. The molecular weight excluding hydrogens is 827 g/mol. The highest BCUT2D eigenvalue weighted by molar-refractivity contribution is 6.17. The molecule has 1 aliphatic carbocycles. The molecule has 68 heavy (non-hydrogen) atoms. The number of anilines is 3. The van der Waals surface area contributed by atoms with Crippen LogP contribution < -0.4 is 4.90 Å². The number of hydrogen-bond donors (Lipinski definition) is 0. The minimum atomic E-state index is -0.531. The Morgan fingerprint density at radius 3 is 1.68 bits per heavy atom. The number of rotatable bonds is 7. The van der Waals surface area contributed by atoms with Gasteiger partial charge in [0, 0.05) is 49.4 Å². The maximum absolute atomic E-state index is 6.82. The molecule has 318 valence electrons. The molecule has 0 spiro atoms. The van der Waals surface area contributed by atoms with Crippen molar-refractivity contribution < 1.29 is 8.83 Å². The van der Waals surface area contributed by atoms with Crippen LogP contribution in [0.4, 0.5) is 17.1 Å². The van der Waals surface area contributed by atoms with Gasteiger partial charge >= 0.3 is 0 Å². The largest absolute Gasteiger partial charge is 0.456 e. The molecule has 13 aromatic rings. The molecule has 3 heteroatoms. The SMILES string of the molecule is c1ccc(C2(c3ccccc3)c3ccccc3-c3c(N(c4ccc(-c5ccc6oc7ccccc7c6c5)cc4)c4ccc(-c5cccc6c5oc5c7ccccc7ccc65)cc4)cccc32)cc1. The lowest BCUT2D eigenvalue weighted by atomic mass is 9.68. The van der Waals surface area contributed by atoms with Gasteiger partial charge < -0.3 is 13.7 Å². The lowest BCUT2D eigenvalue weighted by Gasteiger charge is -2.34. The Morgan fingerprint density at radius 2 is 0.897 bits per heavy atom. The van der Waals surface area contributed by atoms with E-state index in [1.165, 1.54) is 38.8 Å². The highest BCUT2D eigenvalue weighted by atomic mass is 16.3. The number of fused-ring (bicyclic) bond motifs is 11. The van der Waals surface area contributed by atoms with Crippen LogP contribution >= 0.6 is 0 Å². The summed E-state index contributed by atoms with van der Waals surface area (Å²) in [5.41, 5.74) is 18.2. The Labute approximate surface area is 393 Å². The van der Waals surface area contributed by atoms with E-state index in [1.54, 1.807) is 0 Å². The van der Waals surface area contributed by atoms with E-state index in [2.05, 4.69) is 241 Å². The van der Waals surface area contributed by atoms with Crippen LogP contribution in [0.15, 0.2) is 258 Å². The summed E-state index contributed by atoms with van der Waals surface area (Å²) in [6.45, 7) is 0. The van der Waals surface area contributed by atoms with Gasteiger partial charge in [0.15, 0.2) is 0 Å². The highest BCUT2D eigenvalue weighted by Gasteiger charge is 2.47. The van der Waals surface area contributed by atoms with Gasteiger partial charge in [-0.3, -0.25) is 0 Å². The normalized spacial score (nSPS) is 12.8. The molecule has 1 aliphatic rings. The average molecular weight is 868 g/mol. The van der Waals surface area contributed by atoms with Gasteiger partial charge in [-0.2, -0.15) is 0 Å². The van der Waals surface area contributed by atoms with Crippen molar-refractivity contribution in [2.45, 2.75) is 5.41 Å². The van der Waals surface area contributed by atoms with E-state index in [0.717, 1.165) is 88.6 Å². The standard InChI is InChI=1S/C65H41NO2/c1-3-16-46(17-4-1)65(47-18-5-2-6-19-47)57-25-11-9-22-55(57)62-58(65)26-14-27-59(62)66(48-35-29-42(30-36-48)45-34-40-61-56(41-45)52-21-10-12-28-60(52)67-61)49-37-31-44(32-38-49)51-23-13-24-53-54-39-33-43-15-7-8-20-50(43)64(54)68-63(51)53/h1-41H. The Morgan fingerprint density at radius 1 is 0.324 bits per heavy atom. The lowest BCUT2D eigenvalue weighted by molar-refractivity contribution is 0.669. The van der Waals surface area contributed by atoms with Gasteiger partial charge in [-0.1, -0.05) is 194 Å². The van der Waals surface area contributed by atoms with Gasteiger partial charge in [-0.15, -0.1) is 0 Å². The van der Waals surface area contributed by atoms with Gasteiger partial charge in [-0.05, 0) is 104 Å². The Kier molecular flexibility index (Phi) is 8.50. The topological polar surface area (TPSA) is 29.5 Å². The molecule has 0 N–H and O–H groups in total. The number of hydrogen-bond acceptors (Lipinski definition) is 3. The third-order valence-electron chi connectivity index (χ3n) is 14.4. The van der Waals surface area contributed by atoms with Crippen LogP contribution in [-0.2, 0) is 5.41 Å². The predicted octanol–water partition coefficient (Wildman–Crippen LogP) is 17.8. The second-order valence-electron chi connectivity index (χ2n) is 17.9. The monoisotopic (exact) mass is 867 g/mol. The zero-order chi connectivity index (χ0) is 44.8. The molecule has 3 nitrogen and oxygen atoms in total. The van der Waals surface area contributed by atoms with Gasteiger partial charge in [0.05, 0.1) is 11.1 Å². The fourth-order valence-electron chi connectivity index (χ4n) is 11.3. The van der Waals surface area contributed by atoms with Crippen molar-refractivity contribution in [1.82, 2.24) is 0 Å². The van der Waals surface area contributed by atoms with Gasteiger partial charge in [-0.25, -0.2) is 0 Å². The van der Waals surface area contributed by atoms with Crippen LogP contribution in [-0.4, -0.2) is 0 Å². The summed E-state index contributed by atoms with van der Waals surface area (Å²) < 4.78 is 13.0. The van der Waals surface area contributed by atoms with Crippen molar-refractivity contribution in [3.05, 3.63) is 271 Å². The van der Waals surface area contributed by atoms with E-state index in [0.29, 0.717) is 0 Å². The van der Waals surface area contributed by atoms with E-state index in [1.807, 2.05) is 12.1 Å². The molecule has 0 amide bonds. The number of furan rings is 2. The first-order valence-corrected chi connectivity index (χ1v) is 23.3. The van der Waals surface area contributed by atoms with Crippen molar-refractivity contribution in [2.24, 2.45) is 0 Å². The van der Waals surface area contributed by atoms with Crippen LogP contribution in [0, 0.1) is 0 Å². The molecule has 0 bridgehead atoms. The molecule has 0 radical (unpaired) electrons. The van der Waals surface area contributed by atoms with Gasteiger partial charge in [0.25, 0.3) is 0 Å². The lowest BCUT2D eigenvalue weighted by Crippen LogP contribution is -2.28. The molecule has 0 saturated carbocycles. The number of nitrogens with zero attached hydrogens (tertiary/aromatic N) is 1. The number of benzene rings is 11. The highest BCUT2D eigenvalue weighted by Crippen LogP contribution is 2.59. The van der Waals surface area contributed by atoms with Crippen LogP contribution in [0.2, 0.25) is 0 Å². The van der Waals surface area contributed by atoms with Crippen LogP contribution in [0.3, 0.4) is 0 Å². The quantitative estimate of drug-likeness (QED) is 0.160. The number of para-hydroxylation sites is 2. The van der Waals surface area contributed by atoms with E-state index in [-0.39, 0.29) is 0 Å². The van der Waals surface area contributed by atoms with Crippen molar-refractivity contribution in [1.29, 1.82) is 0 Å². The Bertz CT molecular complexity index is 4030. The minimum Gasteiger partial charge on any atom is -0.456 e. The minimum absolute atomic E-state index is 0.531. The first-order valence-electron chi connectivity index (χ1n) is 23.3. The summed E-state index contributed by atoms with van der Waals surface area (Å²) in [4.78, 5) is 2.44. The van der Waals surface area contributed by atoms with E-state index >= 15 is 0 Å². The summed E-state index contributed by atoms with van der Waals surface area (Å²) in [5.74, 6) is 0. The fraction of sp³-hybridized carbons (Fsp3) is 0.0154. The summed E-state index contributed by atoms with van der Waals surface area (Å²) in [6, 6.07) is 90.1. The summed E-state index contributed by atoms with van der Waals surface area (Å²) in [6.07, 6.45) is 0. The van der Waals surface area contributed by atoms with E-state index < -0.39 is 5.41 Å². The smallest absolute Gasteiger partial charge is 0.143 e. The summed E-state index contributed by atoms with van der Waals surface area (Å²) >= 11 is 0. The van der Waals surface area contributed by atoms with Crippen molar-refractivity contribution >= 4 is 71.7 Å². The van der Waals surface area contributed by atoms with Gasteiger partial charge in [0.1, 0.15) is 22.3 Å². The van der Waals surface area contributed by atoms with Crippen LogP contribution in [0.5, 0.6) is 0 Å². The maximum Gasteiger partial charge on any atom is 0.143 e. The third-order valence-corrected chi connectivity index (χ3v) is 14.4. The Hall–Kier alpha value is -8.92. The second-order valence-corrected chi connectivity index (χ2v) is 17.9. The van der Waals surface area contributed by atoms with Crippen molar-refractivity contribution in [2.75, 3.05) is 4.90 Å². The second kappa shape index (κ2) is 15.1. The average Bonchev–Trinajstić information content (AvgIpc) is 4.09. The maximum atomic E-state index is 6.82. The van der Waals surface area contributed by atoms with Crippen molar-refractivity contribution in [3.8, 4) is 33.4 Å². The van der Waals surface area contributed by atoms with E-state index in [9.17, 15) is 0 Å². The summed E-state index contributed by atoms with van der Waals surface area (Å²) in [7, 11) is 0. The van der Waals surface area contributed by atoms with Crippen LogP contribution in [0.1, 0.15) is 22.3 Å². The fourth-order valence-corrected chi connectivity index (χ4v) is 11.3. The zero-order valence-corrected chi connectivity index (χ0v) is 36.9. The molecular formula is C65H41NO2.